The summed E-state index contributed by atoms with van der Waals surface area (Å²) < 4.78 is 2.54. The topological polar surface area (TPSA) is 30.7 Å². The van der Waals surface area contributed by atoms with Crippen LogP contribution in [-0.4, -0.2) is 14.5 Å². The average molecular weight is 904 g/mol. The van der Waals surface area contributed by atoms with Crippen LogP contribution in [0.3, 0.4) is 0 Å². The number of aromatic nitrogens is 3. The maximum atomic E-state index is 5.30. The van der Waals surface area contributed by atoms with Gasteiger partial charge in [0, 0.05) is 38.6 Å². The van der Waals surface area contributed by atoms with E-state index in [0.717, 1.165) is 44.9 Å². The number of hydrogen-bond donors (Lipinski definition) is 0. The Morgan fingerprint density at radius 1 is 0.310 bits per heavy atom. The molecule has 0 saturated heterocycles. The molecule has 12 aromatic rings. The van der Waals surface area contributed by atoms with E-state index in [1.165, 1.54) is 88.6 Å². The van der Waals surface area contributed by atoms with Crippen molar-refractivity contribution in [1.29, 1.82) is 0 Å². The first-order valence-electron chi connectivity index (χ1n) is 24.7. The number of hydrogen-bond acceptors (Lipinski definition) is 2. The van der Waals surface area contributed by atoms with Gasteiger partial charge in [-0.05, 0) is 120 Å². The van der Waals surface area contributed by atoms with Gasteiger partial charge in [-0.2, -0.15) is 0 Å². The van der Waals surface area contributed by atoms with Crippen LogP contribution in [0.2, 0.25) is 0 Å². The third-order valence-corrected chi connectivity index (χ3v) is 16.1. The number of nitrogens with zero attached hydrogens (tertiary/aromatic N) is 3. The van der Waals surface area contributed by atoms with Crippen LogP contribution in [-0.2, 0) is 10.8 Å². The zero-order valence-electron chi connectivity index (χ0n) is 39.4. The maximum absolute atomic E-state index is 5.30. The summed E-state index contributed by atoms with van der Waals surface area (Å²) in [7, 11) is 0. The Bertz CT molecular complexity index is 4070. The Kier molecular flexibility index (Phi) is 8.34. The number of rotatable bonds is 5. The smallest absolute Gasteiger partial charge is 0.161 e. The molecule has 0 bridgehead atoms. The van der Waals surface area contributed by atoms with Gasteiger partial charge in [0.05, 0.1) is 27.8 Å². The van der Waals surface area contributed by atoms with Gasteiger partial charge in [0.15, 0.2) is 5.82 Å². The molecule has 15 rings (SSSR count). The van der Waals surface area contributed by atoms with Gasteiger partial charge in [0.1, 0.15) is 0 Å². The molecule has 10 aromatic carbocycles. The van der Waals surface area contributed by atoms with Gasteiger partial charge < -0.3 is 4.57 Å². The van der Waals surface area contributed by atoms with Crippen LogP contribution in [0, 0.1) is 0 Å². The third-order valence-electron chi connectivity index (χ3n) is 16.1. The highest BCUT2D eigenvalue weighted by molar-refractivity contribution is 6.13. The zero-order valence-corrected chi connectivity index (χ0v) is 39.4. The van der Waals surface area contributed by atoms with Crippen molar-refractivity contribution in [2.75, 3.05) is 0 Å². The average Bonchev–Trinajstić information content (AvgIpc) is 4.10. The summed E-state index contributed by atoms with van der Waals surface area (Å²) in [5.74, 6) is 0.697. The molecular formula is C68H45N3. The van der Waals surface area contributed by atoms with Gasteiger partial charge in [-0.25, -0.2) is 9.97 Å². The van der Waals surface area contributed by atoms with E-state index in [-0.39, 0.29) is 5.41 Å². The summed E-state index contributed by atoms with van der Waals surface area (Å²) >= 11 is 0. The highest BCUT2D eigenvalue weighted by Crippen LogP contribution is 2.63. The summed E-state index contributed by atoms with van der Waals surface area (Å²) in [4.78, 5) is 10.6. The molecule has 3 aliphatic rings. The minimum absolute atomic E-state index is 0.167. The van der Waals surface area contributed by atoms with Crippen LogP contribution in [0.15, 0.2) is 237 Å². The summed E-state index contributed by atoms with van der Waals surface area (Å²) in [6.07, 6.45) is 0. The van der Waals surface area contributed by atoms with Crippen LogP contribution >= 0.6 is 0 Å². The molecule has 0 amide bonds. The van der Waals surface area contributed by atoms with Crippen LogP contribution in [0.4, 0.5) is 0 Å². The molecule has 0 atom stereocenters. The summed E-state index contributed by atoms with van der Waals surface area (Å²) in [5.41, 5.74) is 25.9. The fourth-order valence-corrected chi connectivity index (χ4v) is 12.9. The van der Waals surface area contributed by atoms with E-state index in [9.17, 15) is 0 Å². The minimum Gasteiger partial charge on any atom is -0.309 e. The van der Waals surface area contributed by atoms with Crippen LogP contribution in [0.5, 0.6) is 0 Å². The van der Waals surface area contributed by atoms with Gasteiger partial charge in [-0.1, -0.05) is 208 Å². The van der Waals surface area contributed by atoms with Crippen LogP contribution in [0.25, 0.3) is 106 Å². The molecular weight excluding hydrogens is 859 g/mol. The van der Waals surface area contributed by atoms with E-state index in [2.05, 4.69) is 243 Å². The summed E-state index contributed by atoms with van der Waals surface area (Å²) in [5, 5.41) is 2.44. The Hall–Kier alpha value is -8.92. The molecule has 332 valence electrons. The molecule has 0 radical (unpaired) electrons. The fourth-order valence-electron chi connectivity index (χ4n) is 12.9. The Labute approximate surface area is 413 Å². The van der Waals surface area contributed by atoms with Crippen molar-refractivity contribution in [3.63, 3.8) is 0 Å². The van der Waals surface area contributed by atoms with E-state index in [0.29, 0.717) is 5.82 Å². The molecule has 1 spiro atoms. The molecule has 2 aromatic heterocycles. The van der Waals surface area contributed by atoms with Crippen LogP contribution < -0.4 is 0 Å². The van der Waals surface area contributed by atoms with Crippen LogP contribution in [0.1, 0.15) is 47.2 Å². The molecule has 71 heavy (non-hydrogen) atoms. The molecule has 0 N–H and O–H groups in total. The molecule has 0 fully saturated rings. The lowest BCUT2D eigenvalue weighted by Gasteiger charge is -2.30. The second kappa shape index (κ2) is 14.8. The lowest BCUT2D eigenvalue weighted by Crippen LogP contribution is -2.26. The largest absolute Gasteiger partial charge is 0.309 e. The Morgan fingerprint density at radius 3 is 1.38 bits per heavy atom. The standard InChI is InChI=1S/C68H45N3/c1-67(2)56-29-15-11-27-50(56)53-39-55-54-37-44(46-23-9-10-28-52(46)66-69-62(42-19-5-3-6-20-42)41-63(70-66)43-21-7-4-8-22-43)33-36-64(54)71(65(55)40-60(53)67)45-34-35-51-49-26-14-18-32-59(49)68(61(51)38-45)57-30-16-12-24-47(57)48-25-13-17-31-58(48)68/h3-41H,1-2H3. The minimum atomic E-state index is -0.449. The molecule has 3 nitrogen and oxygen atoms in total. The molecule has 0 aliphatic heterocycles. The lowest BCUT2D eigenvalue weighted by atomic mass is 9.70. The van der Waals surface area contributed by atoms with Gasteiger partial charge in [-0.15, -0.1) is 0 Å². The molecule has 3 aliphatic carbocycles. The summed E-state index contributed by atoms with van der Waals surface area (Å²) in [6.45, 7) is 4.77. The van der Waals surface area contributed by atoms with E-state index in [1.807, 2.05) is 12.1 Å². The monoisotopic (exact) mass is 903 g/mol. The first-order chi connectivity index (χ1) is 35.0. The Balaban J connectivity index is 0.978. The van der Waals surface area contributed by atoms with E-state index in [1.54, 1.807) is 0 Å². The van der Waals surface area contributed by atoms with E-state index in [4.69, 9.17) is 9.97 Å². The van der Waals surface area contributed by atoms with Crippen molar-refractivity contribution in [2.45, 2.75) is 24.7 Å². The third kappa shape index (κ3) is 5.55. The predicted octanol–water partition coefficient (Wildman–Crippen LogP) is 16.9. The SMILES string of the molecule is CC1(C)c2ccccc2-c2cc3c4cc(-c5ccccc5-c5nc(-c6ccccc6)cc(-c6ccccc6)n5)ccc4n(-c4ccc5c(c4)C4(c6ccccc6-c6ccccc64)c4ccccc4-5)c3cc21. The zero-order chi connectivity index (χ0) is 47.0. The van der Waals surface area contributed by atoms with Crippen molar-refractivity contribution < 1.29 is 0 Å². The Morgan fingerprint density at radius 2 is 0.789 bits per heavy atom. The van der Waals surface area contributed by atoms with E-state index < -0.39 is 5.41 Å². The first-order valence-corrected chi connectivity index (χ1v) is 24.7. The predicted molar refractivity (Wildman–Crippen MR) is 292 cm³/mol. The van der Waals surface area contributed by atoms with E-state index >= 15 is 0 Å². The highest BCUT2D eigenvalue weighted by Gasteiger charge is 2.51. The second-order valence-corrected chi connectivity index (χ2v) is 20.0. The maximum Gasteiger partial charge on any atom is 0.161 e. The number of fused-ring (bicyclic) bond motifs is 16. The quantitative estimate of drug-likeness (QED) is 0.172. The van der Waals surface area contributed by atoms with Gasteiger partial charge in [0.2, 0.25) is 0 Å². The van der Waals surface area contributed by atoms with Crippen molar-refractivity contribution in [2.24, 2.45) is 0 Å². The molecule has 2 heterocycles. The second-order valence-electron chi connectivity index (χ2n) is 20.0. The van der Waals surface area contributed by atoms with Crippen molar-refractivity contribution >= 4 is 21.8 Å². The summed E-state index contributed by atoms with van der Waals surface area (Å²) in [6, 6.07) is 87.2. The lowest BCUT2D eigenvalue weighted by molar-refractivity contribution is 0.661. The fraction of sp³-hybridized carbons (Fsp3) is 0.0588. The van der Waals surface area contributed by atoms with Gasteiger partial charge in [0.25, 0.3) is 0 Å². The molecule has 0 saturated carbocycles. The molecule has 3 heteroatoms. The van der Waals surface area contributed by atoms with Crippen molar-refractivity contribution in [1.82, 2.24) is 14.5 Å². The highest BCUT2D eigenvalue weighted by atomic mass is 15.0. The van der Waals surface area contributed by atoms with Gasteiger partial charge in [-0.3, -0.25) is 0 Å². The normalized spacial score (nSPS) is 14.0. The first kappa shape index (κ1) is 40.0. The van der Waals surface area contributed by atoms with Crippen molar-refractivity contribution in [3.8, 4) is 84.1 Å². The number of benzene rings is 10. The van der Waals surface area contributed by atoms with Crippen molar-refractivity contribution in [3.05, 3.63) is 270 Å². The molecule has 0 unspecified atom stereocenters. The van der Waals surface area contributed by atoms with Gasteiger partial charge >= 0.3 is 0 Å².